The second-order valence-corrected chi connectivity index (χ2v) is 3.98. The SMILES string of the molecule is C/C=C(C)/C(C)=C\[C@H](C)SC. The Morgan fingerprint density at radius 3 is 2.18 bits per heavy atom. The molecule has 0 aliphatic heterocycles. The molecule has 64 valence electrons. The van der Waals surface area contributed by atoms with Crippen molar-refractivity contribution in [3.63, 3.8) is 0 Å². The van der Waals surface area contributed by atoms with Crippen LogP contribution in [0.3, 0.4) is 0 Å². The van der Waals surface area contributed by atoms with E-state index in [-0.39, 0.29) is 0 Å². The first-order valence-electron chi connectivity index (χ1n) is 3.96. The van der Waals surface area contributed by atoms with Crippen LogP contribution in [0.25, 0.3) is 0 Å². The Labute approximate surface area is 74.8 Å². The Kier molecular flexibility index (Phi) is 5.39. The summed E-state index contributed by atoms with van der Waals surface area (Å²) < 4.78 is 0. The Morgan fingerprint density at radius 1 is 1.27 bits per heavy atom. The van der Waals surface area contributed by atoms with Crippen molar-refractivity contribution in [1.29, 1.82) is 0 Å². The molecule has 0 N–H and O–H groups in total. The second-order valence-electron chi connectivity index (χ2n) is 2.76. The van der Waals surface area contributed by atoms with Crippen LogP contribution in [-0.4, -0.2) is 11.5 Å². The first-order chi connectivity index (χ1) is 5.11. The predicted octanol–water partition coefficient (Wildman–Crippen LogP) is 3.65. The van der Waals surface area contributed by atoms with Gasteiger partial charge >= 0.3 is 0 Å². The highest BCUT2D eigenvalue weighted by atomic mass is 32.2. The molecular formula is C10H18S. The van der Waals surface area contributed by atoms with Gasteiger partial charge in [-0.2, -0.15) is 11.8 Å². The Bertz CT molecular complexity index is 166. The zero-order valence-electron chi connectivity index (χ0n) is 8.14. The van der Waals surface area contributed by atoms with E-state index in [9.17, 15) is 0 Å². The Balaban J connectivity index is 4.21. The van der Waals surface area contributed by atoms with E-state index >= 15 is 0 Å². The van der Waals surface area contributed by atoms with Crippen LogP contribution in [0.1, 0.15) is 27.7 Å². The molecule has 0 saturated carbocycles. The minimum absolute atomic E-state index is 0.630. The summed E-state index contributed by atoms with van der Waals surface area (Å²) in [6.45, 7) is 8.62. The third kappa shape index (κ3) is 4.31. The highest BCUT2D eigenvalue weighted by Crippen LogP contribution is 2.14. The van der Waals surface area contributed by atoms with Crippen molar-refractivity contribution in [3.8, 4) is 0 Å². The molecule has 0 spiro atoms. The summed E-state index contributed by atoms with van der Waals surface area (Å²) in [7, 11) is 0. The zero-order chi connectivity index (χ0) is 8.85. The maximum absolute atomic E-state index is 2.31. The van der Waals surface area contributed by atoms with Gasteiger partial charge in [-0.05, 0) is 34.0 Å². The fraction of sp³-hybridized carbons (Fsp3) is 0.600. The molecule has 0 radical (unpaired) electrons. The van der Waals surface area contributed by atoms with Gasteiger partial charge in [0.05, 0.1) is 0 Å². The number of allylic oxidation sites excluding steroid dienone is 3. The minimum atomic E-state index is 0.630. The molecule has 0 aromatic rings. The van der Waals surface area contributed by atoms with Gasteiger partial charge in [0.15, 0.2) is 0 Å². The molecule has 11 heavy (non-hydrogen) atoms. The normalized spacial score (nSPS) is 16.8. The molecule has 1 heteroatoms. The number of hydrogen-bond donors (Lipinski definition) is 0. The molecular weight excluding hydrogens is 152 g/mol. The van der Waals surface area contributed by atoms with Crippen LogP contribution >= 0.6 is 11.8 Å². The van der Waals surface area contributed by atoms with E-state index in [1.165, 1.54) is 11.1 Å². The van der Waals surface area contributed by atoms with Crippen molar-refractivity contribution in [2.75, 3.05) is 6.26 Å². The van der Waals surface area contributed by atoms with Crippen molar-refractivity contribution in [2.24, 2.45) is 0 Å². The topological polar surface area (TPSA) is 0 Å². The summed E-state index contributed by atoms with van der Waals surface area (Å²) in [5, 5.41) is 0.630. The van der Waals surface area contributed by atoms with Gasteiger partial charge in [-0.15, -0.1) is 0 Å². The minimum Gasteiger partial charge on any atom is -0.158 e. The fourth-order valence-electron chi connectivity index (χ4n) is 0.779. The highest BCUT2D eigenvalue weighted by Gasteiger charge is 1.96. The van der Waals surface area contributed by atoms with Gasteiger partial charge in [0.1, 0.15) is 0 Å². The van der Waals surface area contributed by atoms with Crippen LogP contribution < -0.4 is 0 Å². The predicted molar refractivity (Wildman–Crippen MR) is 56.2 cm³/mol. The molecule has 0 nitrogen and oxygen atoms in total. The van der Waals surface area contributed by atoms with E-state index in [1.54, 1.807) is 0 Å². The molecule has 1 atom stereocenters. The third-order valence-electron chi connectivity index (χ3n) is 1.91. The van der Waals surface area contributed by atoms with Crippen LogP contribution in [0.5, 0.6) is 0 Å². The second kappa shape index (κ2) is 5.48. The molecule has 0 bridgehead atoms. The van der Waals surface area contributed by atoms with Crippen molar-refractivity contribution in [1.82, 2.24) is 0 Å². The summed E-state index contributed by atoms with van der Waals surface area (Å²) in [6.07, 6.45) is 6.60. The molecule has 0 heterocycles. The number of thioether (sulfide) groups is 1. The van der Waals surface area contributed by atoms with Crippen LogP contribution in [0, 0.1) is 0 Å². The van der Waals surface area contributed by atoms with E-state index in [0.29, 0.717) is 5.25 Å². The van der Waals surface area contributed by atoms with Crippen molar-refractivity contribution in [3.05, 3.63) is 23.3 Å². The first kappa shape index (κ1) is 10.8. The average molecular weight is 170 g/mol. The van der Waals surface area contributed by atoms with E-state index in [4.69, 9.17) is 0 Å². The van der Waals surface area contributed by atoms with Gasteiger partial charge < -0.3 is 0 Å². The van der Waals surface area contributed by atoms with E-state index < -0.39 is 0 Å². The fourth-order valence-corrected chi connectivity index (χ4v) is 1.12. The lowest BCUT2D eigenvalue weighted by molar-refractivity contribution is 1.19. The van der Waals surface area contributed by atoms with Crippen molar-refractivity contribution < 1.29 is 0 Å². The van der Waals surface area contributed by atoms with Gasteiger partial charge in [-0.3, -0.25) is 0 Å². The summed E-state index contributed by atoms with van der Waals surface area (Å²) in [6, 6.07) is 0. The van der Waals surface area contributed by atoms with Gasteiger partial charge in [0.25, 0.3) is 0 Å². The van der Waals surface area contributed by atoms with Gasteiger partial charge in [-0.1, -0.05) is 23.3 Å². The Hall–Kier alpha value is -0.170. The quantitative estimate of drug-likeness (QED) is 0.583. The summed E-state index contributed by atoms with van der Waals surface area (Å²) in [5.74, 6) is 0. The van der Waals surface area contributed by atoms with Crippen LogP contribution in [-0.2, 0) is 0 Å². The van der Waals surface area contributed by atoms with Gasteiger partial charge in [-0.25, -0.2) is 0 Å². The maximum Gasteiger partial charge on any atom is 0.0201 e. The van der Waals surface area contributed by atoms with E-state index in [1.807, 2.05) is 11.8 Å². The highest BCUT2D eigenvalue weighted by molar-refractivity contribution is 7.99. The van der Waals surface area contributed by atoms with Crippen LogP contribution in [0.4, 0.5) is 0 Å². The molecule has 0 aromatic carbocycles. The molecule has 0 saturated heterocycles. The van der Waals surface area contributed by atoms with Gasteiger partial charge in [0.2, 0.25) is 0 Å². The average Bonchev–Trinajstić information content (AvgIpc) is 2.02. The van der Waals surface area contributed by atoms with Crippen molar-refractivity contribution >= 4 is 11.8 Å². The van der Waals surface area contributed by atoms with E-state index in [2.05, 4.69) is 46.1 Å². The molecule has 0 aliphatic carbocycles. The summed E-state index contributed by atoms with van der Waals surface area (Å²) >= 11 is 1.88. The number of hydrogen-bond acceptors (Lipinski definition) is 1. The largest absolute Gasteiger partial charge is 0.158 e. The lowest BCUT2D eigenvalue weighted by atomic mass is 10.1. The molecule has 0 amide bonds. The standard InChI is InChI=1S/C10H18S/c1-6-8(2)9(3)7-10(4)11-5/h6-7,10H,1-5H3/b8-6+,9-7-/t10-/m0/s1. The maximum atomic E-state index is 2.31. The monoisotopic (exact) mass is 170 g/mol. The molecule has 0 rings (SSSR count). The van der Waals surface area contributed by atoms with Crippen LogP contribution in [0.15, 0.2) is 23.3 Å². The lowest BCUT2D eigenvalue weighted by Crippen LogP contribution is -1.91. The van der Waals surface area contributed by atoms with Crippen molar-refractivity contribution in [2.45, 2.75) is 32.9 Å². The Morgan fingerprint density at radius 2 is 1.82 bits per heavy atom. The molecule has 0 fully saturated rings. The zero-order valence-corrected chi connectivity index (χ0v) is 8.96. The smallest absolute Gasteiger partial charge is 0.0201 e. The first-order valence-corrected chi connectivity index (χ1v) is 5.25. The van der Waals surface area contributed by atoms with E-state index in [0.717, 1.165) is 0 Å². The van der Waals surface area contributed by atoms with Crippen LogP contribution in [0.2, 0.25) is 0 Å². The summed E-state index contributed by atoms with van der Waals surface area (Å²) in [5.41, 5.74) is 2.78. The summed E-state index contributed by atoms with van der Waals surface area (Å²) in [4.78, 5) is 0. The number of rotatable bonds is 3. The molecule has 0 aromatic heterocycles. The molecule has 0 aliphatic rings. The van der Waals surface area contributed by atoms with Gasteiger partial charge in [0, 0.05) is 5.25 Å². The molecule has 0 unspecified atom stereocenters. The lowest BCUT2D eigenvalue weighted by Gasteiger charge is -2.04. The third-order valence-corrected chi connectivity index (χ3v) is 2.79.